The lowest BCUT2D eigenvalue weighted by atomic mass is 10.1. The second-order valence-corrected chi connectivity index (χ2v) is 6.52. The Morgan fingerprint density at radius 3 is 2.88 bits per heavy atom. The number of nitrogens with one attached hydrogen (secondary N) is 1. The van der Waals surface area contributed by atoms with Gasteiger partial charge in [0.2, 0.25) is 11.8 Å². The average Bonchev–Trinajstić information content (AvgIpc) is 3.01. The molecule has 0 saturated carbocycles. The number of nitrogens with zero attached hydrogens (tertiary/aromatic N) is 2. The largest absolute Gasteiger partial charge is 0.356 e. The molecule has 5 nitrogen and oxygen atoms in total. The fourth-order valence-electron chi connectivity index (χ4n) is 3.15. The van der Waals surface area contributed by atoms with Crippen LogP contribution < -0.4 is 5.32 Å². The van der Waals surface area contributed by atoms with Gasteiger partial charge in [0.25, 0.3) is 0 Å². The molecule has 0 spiro atoms. The molecular weight excluding hydrogens is 333 g/mol. The molecule has 2 heterocycles. The number of likely N-dealkylation sites (tertiary alicyclic amines) is 1. The van der Waals surface area contributed by atoms with E-state index in [9.17, 15) is 14.0 Å². The average molecular weight is 355 g/mol. The van der Waals surface area contributed by atoms with E-state index in [1.165, 1.54) is 6.07 Å². The van der Waals surface area contributed by atoms with E-state index in [0.29, 0.717) is 38.0 Å². The van der Waals surface area contributed by atoms with Crippen LogP contribution in [0.2, 0.25) is 0 Å². The SMILES string of the molecule is O=C(NCCCc1ccccc1F)[C@H]1CC(=O)N(Cc2cccnc2)C1. The maximum Gasteiger partial charge on any atom is 0.225 e. The summed E-state index contributed by atoms with van der Waals surface area (Å²) in [4.78, 5) is 30.2. The first kappa shape index (κ1) is 18.0. The van der Waals surface area contributed by atoms with E-state index in [2.05, 4.69) is 10.3 Å². The molecule has 2 aromatic rings. The van der Waals surface area contributed by atoms with Gasteiger partial charge in [-0.1, -0.05) is 24.3 Å². The van der Waals surface area contributed by atoms with Crippen molar-refractivity contribution in [2.24, 2.45) is 5.92 Å². The van der Waals surface area contributed by atoms with Crippen LogP contribution in [-0.2, 0) is 22.6 Å². The van der Waals surface area contributed by atoms with Gasteiger partial charge in [0.05, 0.1) is 5.92 Å². The number of hydrogen-bond donors (Lipinski definition) is 1. The van der Waals surface area contributed by atoms with Crippen molar-refractivity contribution in [2.75, 3.05) is 13.1 Å². The zero-order valence-corrected chi connectivity index (χ0v) is 14.5. The van der Waals surface area contributed by atoms with Crippen LogP contribution in [0.3, 0.4) is 0 Å². The van der Waals surface area contributed by atoms with Gasteiger partial charge in [-0.3, -0.25) is 14.6 Å². The number of aryl methyl sites for hydroxylation is 1. The predicted octanol–water partition coefficient (Wildman–Crippen LogP) is 2.32. The molecule has 1 saturated heterocycles. The van der Waals surface area contributed by atoms with Crippen molar-refractivity contribution in [2.45, 2.75) is 25.8 Å². The third-order valence-corrected chi connectivity index (χ3v) is 4.56. The Morgan fingerprint density at radius 1 is 1.27 bits per heavy atom. The minimum atomic E-state index is -0.326. The number of hydrogen-bond acceptors (Lipinski definition) is 3. The summed E-state index contributed by atoms with van der Waals surface area (Å²) >= 11 is 0. The van der Waals surface area contributed by atoms with Gasteiger partial charge >= 0.3 is 0 Å². The Morgan fingerprint density at radius 2 is 2.12 bits per heavy atom. The Kier molecular flexibility index (Phi) is 5.94. The molecular formula is C20H22FN3O2. The second kappa shape index (κ2) is 8.56. The molecule has 0 aliphatic carbocycles. The molecule has 0 radical (unpaired) electrons. The van der Waals surface area contributed by atoms with Crippen molar-refractivity contribution >= 4 is 11.8 Å². The van der Waals surface area contributed by atoms with Crippen LogP contribution in [0.5, 0.6) is 0 Å². The van der Waals surface area contributed by atoms with E-state index in [-0.39, 0.29) is 30.0 Å². The Labute approximate surface area is 152 Å². The Balaban J connectivity index is 1.42. The van der Waals surface area contributed by atoms with Crippen LogP contribution in [0.1, 0.15) is 24.0 Å². The molecule has 0 unspecified atom stereocenters. The quantitative estimate of drug-likeness (QED) is 0.776. The standard InChI is InChI=1S/C20H22FN3O2/c21-18-8-2-1-6-16(18)7-4-10-23-20(26)17-11-19(25)24(14-17)13-15-5-3-9-22-12-15/h1-3,5-6,8-9,12,17H,4,7,10-11,13-14H2,(H,23,26)/t17-/m0/s1. The lowest BCUT2D eigenvalue weighted by molar-refractivity contribution is -0.129. The molecule has 0 bridgehead atoms. The van der Waals surface area contributed by atoms with Crippen molar-refractivity contribution < 1.29 is 14.0 Å². The van der Waals surface area contributed by atoms with Crippen molar-refractivity contribution in [3.63, 3.8) is 0 Å². The number of benzene rings is 1. The molecule has 1 aliphatic rings. The van der Waals surface area contributed by atoms with Crippen molar-refractivity contribution in [3.8, 4) is 0 Å². The van der Waals surface area contributed by atoms with Crippen molar-refractivity contribution in [3.05, 3.63) is 65.7 Å². The van der Waals surface area contributed by atoms with Crippen LogP contribution in [-0.4, -0.2) is 34.8 Å². The van der Waals surface area contributed by atoms with Gasteiger partial charge in [0, 0.05) is 38.4 Å². The predicted molar refractivity (Wildman–Crippen MR) is 95.5 cm³/mol. The fourth-order valence-corrected chi connectivity index (χ4v) is 3.15. The lowest BCUT2D eigenvalue weighted by Crippen LogP contribution is -2.33. The van der Waals surface area contributed by atoms with Gasteiger partial charge in [-0.05, 0) is 36.1 Å². The van der Waals surface area contributed by atoms with Gasteiger partial charge in [0.1, 0.15) is 5.82 Å². The van der Waals surface area contributed by atoms with Gasteiger partial charge < -0.3 is 10.2 Å². The van der Waals surface area contributed by atoms with E-state index in [1.807, 2.05) is 12.1 Å². The first-order valence-corrected chi connectivity index (χ1v) is 8.81. The number of carbonyl (C=O) groups is 2. The normalized spacial score (nSPS) is 16.7. The van der Waals surface area contributed by atoms with Crippen molar-refractivity contribution in [1.29, 1.82) is 0 Å². The number of rotatable bonds is 7. The summed E-state index contributed by atoms with van der Waals surface area (Å²) < 4.78 is 13.6. The second-order valence-electron chi connectivity index (χ2n) is 6.52. The summed E-state index contributed by atoms with van der Waals surface area (Å²) in [5.41, 5.74) is 1.60. The highest BCUT2D eigenvalue weighted by atomic mass is 19.1. The molecule has 1 fully saturated rings. The molecule has 1 N–H and O–H groups in total. The fraction of sp³-hybridized carbons (Fsp3) is 0.350. The molecule has 1 aromatic carbocycles. The Bertz CT molecular complexity index is 767. The summed E-state index contributed by atoms with van der Waals surface area (Å²) in [5.74, 6) is -0.667. The zero-order chi connectivity index (χ0) is 18.4. The minimum absolute atomic E-state index is 0.0136. The summed E-state index contributed by atoms with van der Waals surface area (Å²) in [6.07, 6.45) is 4.88. The first-order chi connectivity index (χ1) is 12.6. The van der Waals surface area contributed by atoms with Crippen LogP contribution >= 0.6 is 0 Å². The number of carbonyl (C=O) groups excluding carboxylic acids is 2. The number of aromatic nitrogens is 1. The highest BCUT2D eigenvalue weighted by Gasteiger charge is 2.33. The van der Waals surface area contributed by atoms with Gasteiger partial charge in [-0.2, -0.15) is 0 Å². The zero-order valence-electron chi connectivity index (χ0n) is 14.5. The summed E-state index contributed by atoms with van der Waals surface area (Å²) in [7, 11) is 0. The summed E-state index contributed by atoms with van der Waals surface area (Å²) in [6, 6.07) is 10.4. The van der Waals surface area contributed by atoms with Crippen LogP contribution in [0.25, 0.3) is 0 Å². The lowest BCUT2D eigenvalue weighted by Gasteiger charge is -2.16. The topological polar surface area (TPSA) is 62.3 Å². The minimum Gasteiger partial charge on any atom is -0.356 e. The van der Waals surface area contributed by atoms with Crippen LogP contribution in [0.15, 0.2) is 48.8 Å². The molecule has 1 aromatic heterocycles. The monoisotopic (exact) mass is 355 g/mol. The molecule has 3 rings (SSSR count). The van der Waals surface area contributed by atoms with Crippen LogP contribution in [0.4, 0.5) is 4.39 Å². The molecule has 26 heavy (non-hydrogen) atoms. The third kappa shape index (κ3) is 4.65. The summed E-state index contributed by atoms with van der Waals surface area (Å²) in [5, 5.41) is 2.87. The van der Waals surface area contributed by atoms with Crippen LogP contribution in [0, 0.1) is 11.7 Å². The van der Waals surface area contributed by atoms with Crippen molar-refractivity contribution in [1.82, 2.24) is 15.2 Å². The molecule has 1 atom stereocenters. The highest BCUT2D eigenvalue weighted by molar-refractivity contribution is 5.89. The smallest absolute Gasteiger partial charge is 0.225 e. The third-order valence-electron chi connectivity index (χ3n) is 4.56. The van der Waals surface area contributed by atoms with E-state index in [0.717, 1.165) is 5.56 Å². The first-order valence-electron chi connectivity index (χ1n) is 8.81. The van der Waals surface area contributed by atoms with Gasteiger partial charge in [-0.15, -0.1) is 0 Å². The molecule has 2 amide bonds. The van der Waals surface area contributed by atoms with E-state index in [1.54, 1.807) is 35.5 Å². The number of halogens is 1. The van der Waals surface area contributed by atoms with E-state index < -0.39 is 0 Å². The van der Waals surface area contributed by atoms with E-state index >= 15 is 0 Å². The van der Waals surface area contributed by atoms with Gasteiger partial charge in [0.15, 0.2) is 0 Å². The molecule has 1 aliphatic heterocycles. The summed E-state index contributed by atoms with van der Waals surface area (Å²) in [6.45, 7) is 1.37. The maximum atomic E-state index is 13.6. The Hall–Kier alpha value is -2.76. The molecule has 6 heteroatoms. The van der Waals surface area contributed by atoms with Gasteiger partial charge in [-0.25, -0.2) is 4.39 Å². The highest BCUT2D eigenvalue weighted by Crippen LogP contribution is 2.20. The maximum absolute atomic E-state index is 13.6. The van der Waals surface area contributed by atoms with E-state index in [4.69, 9.17) is 0 Å². The number of amides is 2. The molecule has 136 valence electrons. The number of pyridine rings is 1.